The van der Waals surface area contributed by atoms with Gasteiger partial charge >= 0.3 is 0 Å². The first-order chi connectivity index (χ1) is 1.41. The second-order valence-corrected chi connectivity index (χ2v) is 0.316. The van der Waals surface area contributed by atoms with Gasteiger partial charge in [-0.1, -0.05) is 0 Å². The first kappa shape index (κ1) is 17.0. The van der Waals surface area contributed by atoms with E-state index < -0.39 is 0 Å². The molecular weight excluding hydrogens is 126 g/mol. The van der Waals surface area contributed by atoms with Crippen molar-refractivity contribution in [2.24, 2.45) is 0 Å². The molecule has 3 heteroatoms. The van der Waals surface area contributed by atoms with E-state index in [1.165, 1.54) is 0 Å². The Kier molecular flexibility index (Phi) is 71.7. The molecular formula is C2H7ClOV. The van der Waals surface area contributed by atoms with Crippen LogP contribution in [-0.4, -0.2) is 11.7 Å². The van der Waals surface area contributed by atoms with Crippen LogP contribution in [0.3, 0.4) is 0 Å². The second-order valence-electron chi connectivity index (χ2n) is 0.316. The Labute approximate surface area is 50.1 Å². The van der Waals surface area contributed by atoms with Crippen molar-refractivity contribution in [2.75, 3.05) is 6.61 Å². The molecule has 0 unspecified atom stereocenters. The molecule has 0 atom stereocenters. The van der Waals surface area contributed by atoms with Crippen molar-refractivity contribution in [3.8, 4) is 0 Å². The van der Waals surface area contributed by atoms with Gasteiger partial charge in [-0.15, -0.1) is 12.4 Å². The zero-order valence-electron chi connectivity index (χ0n) is 3.01. The molecule has 0 spiro atoms. The van der Waals surface area contributed by atoms with Gasteiger partial charge in [-0.3, -0.25) is 0 Å². The number of rotatable bonds is 0. The summed E-state index contributed by atoms with van der Waals surface area (Å²) in [5.41, 5.74) is 0. The SMILES string of the molecule is CCO.Cl.[V]. The van der Waals surface area contributed by atoms with Gasteiger partial charge in [0.15, 0.2) is 0 Å². The standard InChI is InChI=1S/C2H6O.ClH.V/c1-2-3;;/h3H,2H2,1H3;1H;. The van der Waals surface area contributed by atoms with Gasteiger partial charge in [0.25, 0.3) is 0 Å². The van der Waals surface area contributed by atoms with E-state index in [0.29, 0.717) is 0 Å². The smallest absolute Gasteiger partial charge is 0.0402 e. The molecule has 0 rings (SSSR count). The molecule has 0 aliphatic heterocycles. The summed E-state index contributed by atoms with van der Waals surface area (Å²) < 4.78 is 0. The molecule has 0 aromatic rings. The molecule has 0 aliphatic carbocycles. The summed E-state index contributed by atoms with van der Waals surface area (Å²) in [6.45, 7) is 1.93. The minimum atomic E-state index is 0. The Balaban J connectivity index is -0.0000000200. The van der Waals surface area contributed by atoms with E-state index in [1.807, 2.05) is 0 Å². The number of hydrogen-bond donors (Lipinski definition) is 1. The van der Waals surface area contributed by atoms with E-state index in [1.54, 1.807) is 6.92 Å². The molecule has 0 aromatic heterocycles. The Hall–Kier alpha value is 0.834. The molecule has 5 heavy (non-hydrogen) atoms. The van der Waals surface area contributed by atoms with Crippen LogP contribution >= 0.6 is 12.4 Å². The Bertz CT molecular complexity index is 9.61. The second kappa shape index (κ2) is 21.1. The van der Waals surface area contributed by atoms with Crippen LogP contribution in [0.4, 0.5) is 0 Å². The summed E-state index contributed by atoms with van der Waals surface area (Å²) in [5, 5.41) is 7.57. The molecule has 33 valence electrons. The van der Waals surface area contributed by atoms with E-state index in [9.17, 15) is 0 Å². The maximum atomic E-state index is 7.57. The summed E-state index contributed by atoms with van der Waals surface area (Å²) in [4.78, 5) is 0. The van der Waals surface area contributed by atoms with Gasteiger partial charge in [-0.25, -0.2) is 0 Å². The van der Waals surface area contributed by atoms with E-state index in [0.717, 1.165) is 0 Å². The minimum absolute atomic E-state index is 0. The van der Waals surface area contributed by atoms with Gasteiger partial charge in [-0.05, 0) is 6.92 Å². The largest absolute Gasteiger partial charge is 0.397 e. The van der Waals surface area contributed by atoms with Gasteiger partial charge in [0, 0.05) is 25.2 Å². The normalized spacial score (nSPS) is 3.60. The molecule has 1 radical (unpaired) electrons. The number of aliphatic hydroxyl groups is 1. The summed E-state index contributed by atoms with van der Waals surface area (Å²) in [5.74, 6) is 0. The van der Waals surface area contributed by atoms with Gasteiger partial charge in [0.05, 0.1) is 0 Å². The van der Waals surface area contributed by atoms with Crippen LogP contribution in [0.15, 0.2) is 0 Å². The summed E-state index contributed by atoms with van der Waals surface area (Å²) in [6, 6.07) is 0. The predicted octanol–water partition coefficient (Wildman–Crippen LogP) is 0.418. The molecule has 1 N–H and O–H groups in total. The molecule has 1 nitrogen and oxygen atoms in total. The quantitative estimate of drug-likeness (QED) is 0.508. The van der Waals surface area contributed by atoms with Crippen LogP contribution in [0.2, 0.25) is 0 Å². The minimum Gasteiger partial charge on any atom is -0.397 e. The predicted molar refractivity (Wildman–Crippen MR) is 20.0 cm³/mol. The zero-order valence-corrected chi connectivity index (χ0v) is 5.22. The average molecular weight is 133 g/mol. The van der Waals surface area contributed by atoms with Gasteiger partial charge in [0.1, 0.15) is 0 Å². The summed E-state index contributed by atoms with van der Waals surface area (Å²) >= 11 is 0. The van der Waals surface area contributed by atoms with Crippen LogP contribution in [0.5, 0.6) is 0 Å². The zero-order chi connectivity index (χ0) is 2.71. The van der Waals surface area contributed by atoms with Crippen molar-refractivity contribution in [1.29, 1.82) is 0 Å². The maximum absolute atomic E-state index is 7.57. The molecule has 0 bridgehead atoms. The monoisotopic (exact) mass is 133 g/mol. The molecule has 0 fully saturated rings. The van der Waals surface area contributed by atoms with E-state index in [4.69, 9.17) is 5.11 Å². The molecule has 0 heterocycles. The topological polar surface area (TPSA) is 20.2 Å². The molecule has 0 aliphatic rings. The molecule has 0 saturated carbocycles. The molecule has 0 amide bonds. The van der Waals surface area contributed by atoms with Gasteiger partial charge < -0.3 is 5.11 Å². The average Bonchev–Trinajstić information content (AvgIpc) is 0.918. The van der Waals surface area contributed by atoms with Gasteiger partial charge in [-0.2, -0.15) is 0 Å². The number of hydrogen-bond acceptors (Lipinski definition) is 1. The first-order valence-corrected chi connectivity index (χ1v) is 1.02. The fourth-order valence-corrected chi connectivity index (χ4v) is 0. The van der Waals surface area contributed by atoms with Crippen LogP contribution < -0.4 is 0 Å². The summed E-state index contributed by atoms with van der Waals surface area (Å²) in [7, 11) is 0. The van der Waals surface area contributed by atoms with Crippen molar-refractivity contribution < 1.29 is 23.7 Å². The van der Waals surface area contributed by atoms with Crippen molar-refractivity contribution in [1.82, 2.24) is 0 Å². The van der Waals surface area contributed by atoms with Crippen LogP contribution in [-0.2, 0) is 18.6 Å². The van der Waals surface area contributed by atoms with Crippen LogP contribution in [0, 0.1) is 0 Å². The molecule has 0 aromatic carbocycles. The Morgan fingerprint density at radius 2 is 1.60 bits per heavy atom. The van der Waals surface area contributed by atoms with Crippen LogP contribution in [0.1, 0.15) is 6.92 Å². The third kappa shape index (κ3) is 55.8. The maximum Gasteiger partial charge on any atom is 0.0402 e. The van der Waals surface area contributed by atoms with E-state index in [-0.39, 0.29) is 37.6 Å². The van der Waals surface area contributed by atoms with Crippen molar-refractivity contribution in [3.05, 3.63) is 0 Å². The summed E-state index contributed by atoms with van der Waals surface area (Å²) in [6.07, 6.45) is 0. The van der Waals surface area contributed by atoms with Crippen molar-refractivity contribution >= 4 is 12.4 Å². The van der Waals surface area contributed by atoms with E-state index in [2.05, 4.69) is 0 Å². The van der Waals surface area contributed by atoms with Crippen molar-refractivity contribution in [2.45, 2.75) is 6.92 Å². The number of halogens is 1. The van der Waals surface area contributed by atoms with Crippen molar-refractivity contribution in [3.63, 3.8) is 0 Å². The third-order valence-corrected chi connectivity index (χ3v) is 0. The van der Waals surface area contributed by atoms with Crippen LogP contribution in [0.25, 0.3) is 0 Å². The van der Waals surface area contributed by atoms with Gasteiger partial charge in [0.2, 0.25) is 0 Å². The third-order valence-electron chi connectivity index (χ3n) is 0. The van der Waals surface area contributed by atoms with E-state index >= 15 is 0 Å². The first-order valence-electron chi connectivity index (χ1n) is 1.02. The fourth-order valence-electron chi connectivity index (χ4n) is 0. The Morgan fingerprint density at radius 1 is 1.60 bits per heavy atom. The Morgan fingerprint density at radius 3 is 1.60 bits per heavy atom. The number of aliphatic hydroxyl groups excluding tert-OH is 1. The fraction of sp³-hybridized carbons (Fsp3) is 1.00. The molecule has 0 saturated heterocycles.